The molecule has 0 bridgehead atoms. The minimum absolute atomic E-state index is 0.0416. The predicted molar refractivity (Wildman–Crippen MR) is 91.7 cm³/mol. The molecule has 2 aromatic carbocycles. The Kier molecular flexibility index (Phi) is 5.30. The summed E-state index contributed by atoms with van der Waals surface area (Å²) < 4.78 is 19.2. The number of benzene rings is 2. The van der Waals surface area contributed by atoms with Crippen LogP contribution in [0.2, 0.25) is 0 Å². The molecular weight excluding hydrogens is 319 g/mol. The Morgan fingerprint density at radius 1 is 1.24 bits per heavy atom. The van der Waals surface area contributed by atoms with Crippen molar-refractivity contribution in [3.63, 3.8) is 0 Å². The van der Waals surface area contributed by atoms with Gasteiger partial charge in [-0.3, -0.25) is 4.79 Å². The van der Waals surface area contributed by atoms with E-state index in [1.54, 1.807) is 47.4 Å². The van der Waals surface area contributed by atoms with E-state index in [4.69, 9.17) is 10.00 Å². The van der Waals surface area contributed by atoms with Crippen molar-refractivity contribution in [2.24, 2.45) is 5.92 Å². The summed E-state index contributed by atoms with van der Waals surface area (Å²) in [6, 6.07) is 15.0. The number of likely N-dealkylation sites (tertiary alicyclic amines) is 1. The van der Waals surface area contributed by atoms with Crippen molar-refractivity contribution in [1.82, 2.24) is 4.90 Å². The lowest BCUT2D eigenvalue weighted by Crippen LogP contribution is -2.41. The zero-order chi connectivity index (χ0) is 17.6. The SMILES string of the molecule is N#Cc1ccc(C(=O)N2CCC[C@H](COc3ccccc3F)C2)cc1. The highest BCUT2D eigenvalue weighted by molar-refractivity contribution is 5.94. The van der Waals surface area contributed by atoms with Crippen LogP contribution < -0.4 is 4.74 Å². The largest absolute Gasteiger partial charge is 0.490 e. The molecule has 128 valence electrons. The average Bonchev–Trinajstić information content (AvgIpc) is 2.67. The third kappa shape index (κ3) is 4.16. The van der Waals surface area contributed by atoms with Gasteiger partial charge >= 0.3 is 0 Å². The van der Waals surface area contributed by atoms with Crippen LogP contribution in [0.15, 0.2) is 48.5 Å². The van der Waals surface area contributed by atoms with Crippen LogP contribution >= 0.6 is 0 Å². The van der Waals surface area contributed by atoms with Crippen LogP contribution in [0.1, 0.15) is 28.8 Å². The maximum atomic E-state index is 13.6. The average molecular weight is 338 g/mol. The van der Waals surface area contributed by atoms with E-state index >= 15 is 0 Å². The van der Waals surface area contributed by atoms with Gasteiger partial charge in [0.05, 0.1) is 18.2 Å². The molecule has 0 spiro atoms. The molecule has 1 heterocycles. The summed E-state index contributed by atoms with van der Waals surface area (Å²) in [6.45, 7) is 1.68. The van der Waals surface area contributed by atoms with Gasteiger partial charge in [-0.1, -0.05) is 12.1 Å². The van der Waals surface area contributed by atoms with E-state index in [0.717, 1.165) is 12.8 Å². The number of carbonyl (C=O) groups is 1. The van der Waals surface area contributed by atoms with Crippen molar-refractivity contribution in [1.29, 1.82) is 5.26 Å². The second-order valence-corrected chi connectivity index (χ2v) is 6.19. The molecule has 0 radical (unpaired) electrons. The van der Waals surface area contributed by atoms with Crippen LogP contribution in [-0.2, 0) is 0 Å². The standard InChI is InChI=1S/C20H19FN2O2/c21-18-5-1-2-6-19(18)25-14-16-4-3-11-23(13-16)20(24)17-9-7-15(12-22)8-10-17/h1-2,5-10,16H,3-4,11,13-14H2/t16-/m0/s1. The van der Waals surface area contributed by atoms with E-state index in [0.29, 0.717) is 30.8 Å². The molecule has 1 aliphatic rings. The molecule has 1 saturated heterocycles. The predicted octanol–water partition coefficient (Wildman–Crippen LogP) is 3.63. The van der Waals surface area contributed by atoms with Crippen LogP contribution in [0.5, 0.6) is 5.75 Å². The molecule has 0 unspecified atom stereocenters. The summed E-state index contributed by atoms with van der Waals surface area (Å²) in [5.41, 5.74) is 1.11. The molecule has 0 N–H and O–H groups in total. The number of nitriles is 1. The zero-order valence-corrected chi connectivity index (χ0v) is 13.8. The number of para-hydroxylation sites is 1. The Morgan fingerprint density at radius 3 is 2.72 bits per heavy atom. The summed E-state index contributed by atoms with van der Waals surface area (Å²) in [5.74, 6) is 0.0117. The van der Waals surface area contributed by atoms with E-state index in [9.17, 15) is 9.18 Å². The molecule has 1 atom stereocenters. The van der Waals surface area contributed by atoms with Crippen LogP contribution in [-0.4, -0.2) is 30.5 Å². The monoisotopic (exact) mass is 338 g/mol. The van der Waals surface area contributed by atoms with Crippen molar-refractivity contribution < 1.29 is 13.9 Å². The molecule has 5 heteroatoms. The van der Waals surface area contributed by atoms with E-state index < -0.39 is 0 Å². The number of amides is 1. The lowest BCUT2D eigenvalue weighted by atomic mass is 9.98. The van der Waals surface area contributed by atoms with Crippen LogP contribution in [0.4, 0.5) is 4.39 Å². The number of halogens is 1. The van der Waals surface area contributed by atoms with Crippen molar-refractivity contribution in [2.75, 3.05) is 19.7 Å². The van der Waals surface area contributed by atoms with Gasteiger partial charge in [-0.15, -0.1) is 0 Å². The van der Waals surface area contributed by atoms with Gasteiger partial charge in [0, 0.05) is 24.6 Å². The van der Waals surface area contributed by atoms with Gasteiger partial charge in [-0.05, 0) is 49.2 Å². The second kappa shape index (κ2) is 7.80. The van der Waals surface area contributed by atoms with E-state index in [2.05, 4.69) is 0 Å². The molecule has 1 amide bonds. The van der Waals surface area contributed by atoms with Gasteiger partial charge in [0.2, 0.25) is 0 Å². The molecule has 3 rings (SSSR count). The lowest BCUT2D eigenvalue weighted by molar-refractivity contribution is 0.0631. The highest BCUT2D eigenvalue weighted by Gasteiger charge is 2.25. The van der Waals surface area contributed by atoms with Crippen molar-refractivity contribution in [2.45, 2.75) is 12.8 Å². The normalized spacial score (nSPS) is 17.0. The number of ether oxygens (including phenoxy) is 1. The number of hydrogen-bond donors (Lipinski definition) is 0. The van der Waals surface area contributed by atoms with Crippen LogP contribution in [0.25, 0.3) is 0 Å². The highest BCUT2D eigenvalue weighted by Crippen LogP contribution is 2.22. The Morgan fingerprint density at radius 2 is 2.00 bits per heavy atom. The van der Waals surface area contributed by atoms with Gasteiger partial charge < -0.3 is 9.64 Å². The molecule has 1 aliphatic heterocycles. The van der Waals surface area contributed by atoms with E-state index in [1.807, 2.05) is 6.07 Å². The minimum Gasteiger partial charge on any atom is -0.490 e. The first-order chi connectivity index (χ1) is 12.2. The molecule has 0 aromatic heterocycles. The smallest absolute Gasteiger partial charge is 0.253 e. The number of hydrogen-bond acceptors (Lipinski definition) is 3. The summed E-state index contributed by atoms with van der Waals surface area (Å²) in [4.78, 5) is 14.4. The fourth-order valence-corrected chi connectivity index (χ4v) is 3.02. The molecule has 1 fully saturated rings. The zero-order valence-electron chi connectivity index (χ0n) is 13.8. The molecule has 4 nitrogen and oxygen atoms in total. The van der Waals surface area contributed by atoms with Gasteiger partial charge in [-0.25, -0.2) is 4.39 Å². The third-order valence-corrected chi connectivity index (χ3v) is 4.38. The van der Waals surface area contributed by atoms with Gasteiger partial charge in [0.1, 0.15) is 0 Å². The molecule has 0 saturated carbocycles. The Labute approximate surface area is 146 Å². The fourth-order valence-electron chi connectivity index (χ4n) is 3.02. The highest BCUT2D eigenvalue weighted by atomic mass is 19.1. The molecule has 2 aromatic rings. The fraction of sp³-hybridized carbons (Fsp3) is 0.300. The Balaban J connectivity index is 1.59. The van der Waals surface area contributed by atoms with Gasteiger partial charge in [-0.2, -0.15) is 5.26 Å². The molecule has 0 aliphatic carbocycles. The maximum Gasteiger partial charge on any atom is 0.253 e. The number of nitrogens with zero attached hydrogens (tertiary/aromatic N) is 2. The van der Waals surface area contributed by atoms with Gasteiger partial charge in [0.15, 0.2) is 11.6 Å². The van der Waals surface area contributed by atoms with Gasteiger partial charge in [0.25, 0.3) is 5.91 Å². The topological polar surface area (TPSA) is 53.3 Å². The summed E-state index contributed by atoms with van der Waals surface area (Å²) >= 11 is 0. The maximum absolute atomic E-state index is 13.6. The van der Waals surface area contributed by atoms with E-state index in [-0.39, 0.29) is 23.4 Å². The Hall–Kier alpha value is -2.87. The number of rotatable bonds is 4. The number of carbonyl (C=O) groups excluding carboxylic acids is 1. The summed E-state index contributed by atoms with van der Waals surface area (Å²) in [5, 5.41) is 8.84. The van der Waals surface area contributed by atoms with Crippen molar-refractivity contribution in [3.8, 4) is 11.8 Å². The quantitative estimate of drug-likeness (QED) is 0.855. The van der Waals surface area contributed by atoms with E-state index in [1.165, 1.54) is 6.07 Å². The van der Waals surface area contributed by atoms with Crippen LogP contribution in [0, 0.1) is 23.1 Å². The minimum atomic E-state index is -0.371. The summed E-state index contributed by atoms with van der Waals surface area (Å²) in [7, 11) is 0. The first-order valence-electron chi connectivity index (χ1n) is 8.34. The second-order valence-electron chi connectivity index (χ2n) is 6.19. The Bertz CT molecular complexity index is 783. The van der Waals surface area contributed by atoms with Crippen molar-refractivity contribution >= 4 is 5.91 Å². The summed E-state index contributed by atoms with van der Waals surface area (Å²) in [6.07, 6.45) is 1.85. The van der Waals surface area contributed by atoms with Crippen LogP contribution in [0.3, 0.4) is 0 Å². The molecule has 25 heavy (non-hydrogen) atoms. The first-order valence-corrected chi connectivity index (χ1v) is 8.34. The van der Waals surface area contributed by atoms with Crippen molar-refractivity contribution in [3.05, 3.63) is 65.5 Å². The first kappa shape index (κ1) is 17.0. The lowest BCUT2D eigenvalue weighted by Gasteiger charge is -2.32. The molecular formula is C20H19FN2O2. The third-order valence-electron chi connectivity index (χ3n) is 4.38. The number of piperidine rings is 1.